The smallest absolute Gasteiger partial charge is 0.176 e. The Morgan fingerprint density at radius 2 is 2.33 bits per heavy atom. The molecule has 0 radical (unpaired) electrons. The minimum Gasteiger partial charge on any atom is -0.324 e. The van der Waals surface area contributed by atoms with Gasteiger partial charge in [0, 0.05) is 5.56 Å². The molecule has 2 heteroatoms. The summed E-state index contributed by atoms with van der Waals surface area (Å²) in [4.78, 5) is 11.5. The first-order valence-corrected chi connectivity index (χ1v) is 5.58. The van der Waals surface area contributed by atoms with Gasteiger partial charge in [0.1, 0.15) is 0 Å². The van der Waals surface area contributed by atoms with E-state index >= 15 is 0 Å². The second-order valence-electron chi connectivity index (χ2n) is 4.33. The van der Waals surface area contributed by atoms with Crippen LogP contribution in [0.4, 0.5) is 0 Å². The molecule has 1 aliphatic rings. The second kappa shape index (κ2) is 4.15. The lowest BCUT2D eigenvalue weighted by molar-refractivity contribution is 0.100. The number of aryl methyl sites for hydroxylation is 1. The van der Waals surface area contributed by atoms with Crippen LogP contribution in [-0.2, 0) is 6.42 Å². The molecule has 0 fully saturated rings. The zero-order valence-corrected chi connectivity index (χ0v) is 9.12. The monoisotopic (exact) mass is 203 g/mol. The summed E-state index contributed by atoms with van der Waals surface area (Å²) in [6, 6.07) is 6.04. The predicted octanol–water partition coefficient (Wildman–Crippen LogP) is 2.27. The molecule has 0 saturated heterocycles. The molecule has 0 aromatic heterocycles. The molecule has 0 spiro atoms. The lowest BCUT2D eigenvalue weighted by Crippen LogP contribution is -2.15. The summed E-state index contributed by atoms with van der Waals surface area (Å²) in [6.45, 7) is 2.34. The molecule has 1 aromatic carbocycles. The maximum absolute atomic E-state index is 11.5. The van der Waals surface area contributed by atoms with E-state index in [1.54, 1.807) is 0 Å². The van der Waals surface area contributed by atoms with Crippen LogP contribution in [0.1, 0.15) is 47.2 Å². The van der Waals surface area contributed by atoms with Crippen LogP contribution in [0, 0.1) is 0 Å². The van der Waals surface area contributed by atoms with Crippen molar-refractivity contribution in [2.45, 2.75) is 32.1 Å². The molecule has 2 rings (SSSR count). The van der Waals surface area contributed by atoms with Crippen molar-refractivity contribution in [1.82, 2.24) is 0 Å². The van der Waals surface area contributed by atoms with Crippen LogP contribution in [0.5, 0.6) is 0 Å². The summed E-state index contributed by atoms with van der Waals surface area (Å²) in [5.74, 6) is 0.620. The van der Waals surface area contributed by atoms with Gasteiger partial charge in [-0.3, -0.25) is 4.79 Å². The van der Waals surface area contributed by atoms with Crippen LogP contribution in [0.2, 0.25) is 0 Å². The summed E-state index contributed by atoms with van der Waals surface area (Å²) in [6.07, 6.45) is 3.64. The van der Waals surface area contributed by atoms with E-state index in [0.717, 1.165) is 12.0 Å². The van der Waals surface area contributed by atoms with Crippen molar-refractivity contribution in [3.63, 3.8) is 0 Å². The number of fused-ring (bicyclic) bond motifs is 1. The molecule has 0 bridgehead atoms. The first-order chi connectivity index (χ1) is 7.22. The normalized spacial score (nSPS) is 19.7. The molecule has 1 aromatic rings. The van der Waals surface area contributed by atoms with E-state index in [9.17, 15) is 4.79 Å². The third-order valence-electron chi connectivity index (χ3n) is 3.27. The second-order valence-corrected chi connectivity index (χ2v) is 4.33. The largest absolute Gasteiger partial charge is 0.324 e. The fourth-order valence-corrected chi connectivity index (χ4v) is 2.33. The number of nitrogens with two attached hydrogens (primary N) is 1. The summed E-state index contributed by atoms with van der Waals surface area (Å²) in [5, 5.41) is 0. The van der Waals surface area contributed by atoms with Crippen LogP contribution in [0.25, 0.3) is 0 Å². The minimum absolute atomic E-state index is 0.0376. The van der Waals surface area contributed by atoms with Gasteiger partial charge in [0.2, 0.25) is 0 Å². The molecular weight excluding hydrogens is 186 g/mol. The van der Waals surface area contributed by atoms with Crippen molar-refractivity contribution in [2.75, 3.05) is 6.54 Å². The molecule has 0 heterocycles. The molecule has 0 aliphatic heterocycles. The van der Waals surface area contributed by atoms with Crippen LogP contribution < -0.4 is 5.73 Å². The zero-order chi connectivity index (χ0) is 10.8. The fraction of sp³-hybridized carbons (Fsp3) is 0.462. The average molecular weight is 203 g/mol. The molecule has 0 saturated carbocycles. The van der Waals surface area contributed by atoms with E-state index in [1.165, 1.54) is 24.0 Å². The minimum atomic E-state index is 0.0376. The summed E-state index contributed by atoms with van der Waals surface area (Å²) < 4.78 is 0. The van der Waals surface area contributed by atoms with E-state index in [4.69, 9.17) is 5.73 Å². The zero-order valence-electron chi connectivity index (χ0n) is 9.12. The van der Waals surface area contributed by atoms with Gasteiger partial charge in [-0.05, 0) is 42.4 Å². The van der Waals surface area contributed by atoms with Crippen molar-refractivity contribution in [3.8, 4) is 0 Å². The van der Waals surface area contributed by atoms with Crippen LogP contribution >= 0.6 is 0 Å². The molecule has 2 nitrogen and oxygen atoms in total. The highest BCUT2D eigenvalue weighted by molar-refractivity contribution is 5.97. The maximum Gasteiger partial charge on any atom is 0.176 e. The Balaban J connectivity index is 2.39. The van der Waals surface area contributed by atoms with E-state index in [0.29, 0.717) is 5.92 Å². The standard InChI is InChI=1S/C13H17NO/c1-9-3-2-4-10-5-6-11(7-12(9)10)13(15)8-14/h5-7,9H,2-4,8,14H2,1H3. The molecule has 0 amide bonds. The first-order valence-electron chi connectivity index (χ1n) is 5.58. The highest BCUT2D eigenvalue weighted by Crippen LogP contribution is 2.31. The van der Waals surface area contributed by atoms with Crippen LogP contribution in [0.15, 0.2) is 18.2 Å². The van der Waals surface area contributed by atoms with Crippen molar-refractivity contribution in [1.29, 1.82) is 0 Å². The number of hydrogen-bond donors (Lipinski definition) is 1. The van der Waals surface area contributed by atoms with Gasteiger partial charge in [0.15, 0.2) is 5.78 Å². The Kier molecular flexibility index (Phi) is 2.87. The van der Waals surface area contributed by atoms with E-state index < -0.39 is 0 Å². The van der Waals surface area contributed by atoms with Gasteiger partial charge in [-0.25, -0.2) is 0 Å². The summed E-state index contributed by atoms with van der Waals surface area (Å²) in [7, 11) is 0. The van der Waals surface area contributed by atoms with Gasteiger partial charge < -0.3 is 5.73 Å². The lowest BCUT2D eigenvalue weighted by Gasteiger charge is -2.22. The topological polar surface area (TPSA) is 43.1 Å². The van der Waals surface area contributed by atoms with Gasteiger partial charge in [-0.15, -0.1) is 0 Å². The van der Waals surface area contributed by atoms with Crippen molar-refractivity contribution in [3.05, 3.63) is 34.9 Å². The number of ketones is 1. The molecule has 80 valence electrons. The summed E-state index contributed by atoms with van der Waals surface area (Å²) >= 11 is 0. The predicted molar refractivity (Wildman–Crippen MR) is 61.2 cm³/mol. The van der Waals surface area contributed by atoms with E-state index in [1.807, 2.05) is 12.1 Å². The SMILES string of the molecule is CC1CCCc2ccc(C(=O)CN)cc21. The van der Waals surface area contributed by atoms with Gasteiger partial charge in [-0.1, -0.05) is 19.1 Å². The van der Waals surface area contributed by atoms with E-state index in [2.05, 4.69) is 13.0 Å². The number of Topliss-reactive ketones (excluding diaryl/α,β-unsaturated/α-hetero) is 1. The van der Waals surface area contributed by atoms with E-state index in [-0.39, 0.29) is 12.3 Å². The molecule has 1 atom stereocenters. The molecule has 1 aliphatic carbocycles. The quantitative estimate of drug-likeness (QED) is 0.749. The highest BCUT2D eigenvalue weighted by Gasteiger charge is 2.17. The third-order valence-corrected chi connectivity index (χ3v) is 3.27. The third kappa shape index (κ3) is 1.95. The van der Waals surface area contributed by atoms with Crippen LogP contribution in [-0.4, -0.2) is 12.3 Å². The van der Waals surface area contributed by atoms with Crippen LogP contribution in [0.3, 0.4) is 0 Å². The number of carbonyl (C=O) groups excluding carboxylic acids is 1. The average Bonchev–Trinajstić information content (AvgIpc) is 2.28. The Labute approximate surface area is 90.5 Å². The highest BCUT2D eigenvalue weighted by atomic mass is 16.1. The first kappa shape index (κ1) is 10.4. The maximum atomic E-state index is 11.5. The number of benzene rings is 1. The Morgan fingerprint density at radius 1 is 1.53 bits per heavy atom. The number of rotatable bonds is 2. The Morgan fingerprint density at radius 3 is 3.07 bits per heavy atom. The van der Waals surface area contributed by atoms with Gasteiger partial charge in [0.05, 0.1) is 6.54 Å². The van der Waals surface area contributed by atoms with Gasteiger partial charge in [0.25, 0.3) is 0 Å². The molecular formula is C13H17NO. The number of carbonyl (C=O) groups is 1. The number of hydrogen-bond acceptors (Lipinski definition) is 2. The van der Waals surface area contributed by atoms with Crippen molar-refractivity contribution in [2.24, 2.45) is 5.73 Å². The van der Waals surface area contributed by atoms with Gasteiger partial charge in [-0.2, -0.15) is 0 Å². The molecule has 2 N–H and O–H groups in total. The van der Waals surface area contributed by atoms with Gasteiger partial charge >= 0.3 is 0 Å². The van der Waals surface area contributed by atoms with Crippen molar-refractivity contribution >= 4 is 5.78 Å². The Hall–Kier alpha value is -1.15. The lowest BCUT2D eigenvalue weighted by atomic mass is 9.83. The fourth-order valence-electron chi connectivity index (χ4n) is 2.33. The van der Waals surface area contributed by atoms with Crippen molar-refractivity contribution < 1.29 is 4.79 Å². The summed E-state index contributed by atoms with van der Waals surface area (Å²) in [5.41, 5.74) is 8.89. The Bertz CT molecular complexity index is 384. The molecule has 15 heavy (non-hydrogen) atoms. The molecule has 1 unspecified atom stereocenters.